The fraction of sp³-hybridized carbons (Fsp3) is 0.304. The summed E-state index contributed by atoms with van der Waals surface area (Å²) in [6, 6.07) is 21.1. The quantitative estimate of drug-likeness (QED) is 0.675. The zero-order chi connectivity index (χ0) is 20.1. The maximum Gasteiger partial charge on any atom is 0.274 e. The van der Waals surface area contributed by atoms with Crippen LogP contribution in [0.1, 0.15) is 46.3 Å². The number of piperidine rings is 1. The van der Waals surface area contributed by atoms with Crippen molar-refractivity contribution in [3.8, 4) is 0 Å². The zero-order valence-corrected chi connectivity index (χ0v) is 16.2. The lowest BCUT2D eigenvalue weighted by atomic mass is 9.98. The first-order valence-electron chi connectivity index (χ1n) is 9.96. The highest BCUT2D eigenvalue weighted by Crippen LogP contribution is 2.22. The van der Waals surface area contributed by atoms with Crippen molar-refractivity contribution < 1.29 is 14.4 Å². The molecule has 6 heteroatoms. The normalized spacial score (nSPS) is 17.4. The van der Waals surface area contributed by atoms with Crippen LogP contribution in [0.5, 0.6) is 0 Å². The van der Waals surface area contributed by atoms with Gasteiger partial charge in [-0.2, -0.15) is 0 Å². The minimum atomic E-state index is -0.299. The molecule has 2 N–H and O–H groups in total. The zero-order valence-electron chi connectivity index (χ0n) is 16.2. The number of aliphatic hydroxyl groups is 1. The van der Waals surface area contributed by atoms with Gasteiger partial charge in [0, 0.05) is 12.6 Å². The third-order valence-corrected chi connectivity index (χ3v) is 5.19. The van der Waals surface area contributed by atoms with E-state index in [2.05, 4.69) is 15.4 Å². The van der Waals surface area contributed by atoms with E-state index in [0.29, 0.717) is 18.8 Å². The molecule has 0 spiro atoms. The standard InChI is InChI=1S/C23H25N3O3/c27-19-12-7-13-26(15-19)16-20-14-21(25-29-20)23(28)24-22(17-8-3-1-4-9-17)18-10-5-2-6-11-18/h1-6,8-11,14,19,22,27H,7,12-13,15-16H2,(H,24,28)/t19-/m1/s1. The molecule has 2 aromatic carbocycles. The van der Waals surface area contributed by atoms with Gasteiger partial charge in [0.05, 0.1) is 18.7 Å². The predicted octanol–water partition coefficient (Wildman–Crippen LogP) is 3.15. The number of nitrogens with zero attached hydrogens (tertiary/aromatic N) is 2. The van der Waals surface area contributed by atoms with E-state index in [9.17, 15) is 9.90 Å². The number of benzene rings is 2. The Balaban J connectivity index is 1.47. The van der Waals surface area contributed by atoms with Crippen molar-refractivity contribution in [1.82, 2.24) is 15.4 Å². The van der Waals surface area contributed by atoms with Crippen LogP contribution in [0, 0.1) is 0 Å². The Morgan fingerprint density at radius 1 is 1.14 bits per heavy atom. The summed E-state index contributed by atoms with van der Waals surface area (Å²) in [4.78, 5) is 15.0. The van der Waals surface area contributed by atoms with Crippen LogP contribution in [-0.2, 0) is 6.54 Å². The maximum absolute atomic E-state index is 12.9. The van der Waals surface area contributed by atoms with E-state index < -0.39 is 0 Å². The lowest BCUT2D eigenvalue weighted by Crippen LogP contribution is -2.37. The SMILES string of the molecule is O=C(NC(c1ccccc1)c1ccccc1)c1cc(CN2CCC[C@@H](O)C2)on1. The average molecular weight is 391 g/mol. The molecule has 1 aliphatic heterocycles. The van der Waals surface area contributed by atoms with Crippen molar-refractivity contribution in [2.45, 2.75) is 31.5 Å². The molecule has 1 aromatic heterocycles. The van der Waals surface area contributed by atoms with Gasteiger partial charge in [0.1, 0.15) is 0 Å². The molecule has 0 unspecified atom stereocenters. The van der Waals surface area contributed by atoms with Crippen molar-refractivity contribution in [2.24, 2.45) is 0 Å². The molecule has 0 aliphatic carbocycles. The number of hydrogen-bond donors (Lipinski definition) is 2. The second kappa shape index (κ2) is 9.03. The summed E-state index contributed by atoms with van der Waals surface area (Å²) in [5.41, 5.74) is 2.26. The highest BCUT2D eigenvalue weighted by atomic mass is 16.5. The monoisotopic (exact) mass is 391 g/mol. The molecule has 150 valence electrons. The Morgan fingerprint density at radius 2 is 1.79 bits per heavy atom. The topological polar surface area (TPSA) is 78.6 Å². The molecule has 1 aliphatic rings. The summed E-state index contributed by atoms with van der Waals surface area (Å²) in [7, 11) is 0. The van der Waals surface area contributed by atoms with Crippen LogP contribution >= 0.6 is 0 Å². The minimum Gasteiger partial charge on any atom is -0.392 e. The first-order chi connectivity index (χ1) is 14.2. The number of rotatable bonds is 6. The van der Waals surface area contributed by atoms with Gasteiger partial charge in [-0.3, -0.25) is 9.69 Å². The second-order valence-electron chi connectivity index (χ2n) is 7.44. The third-order valence-electron chi connectivity index (χ3n) is 5.19. The van der Waals surface area contributed by atoms with Crippen LogP contribution in [0.4, 0.5) is 0 Å². The molecule has 29 heavy (non-hydrogen) atoms. The van der Waals surface area contributed by atoms with Gasteiger partial charge in [-0.25, -0.2) is 0 Å². The highest BCUT2D eigenvalue weighted by molar-refractivity contribution is 5.92. The van der Waals surface area contributed by atoms with Crippen molar-refractivity contribution in [2.75, 3.05) is 13.1 Å². The summed E-state index contributed by atoms with van der Waals surface area (Å²) in [5.74, 6) is 0.344. The summed E-state index contributed by atoms with van der Waals surface area (Å²) in [5, 5.41) is 16.9. The molecule has 1 amide bonds. The van der Waals surface area contributed by atoms with Crippen LogP contribution in [0.2, 0.25) is 0 Å². The molecule has 4 rings (SSSR count). The fourth-order valence-electron chi connectivity index (χ4n) is 3.74. The predicted molar refractivity (Wildman–Crippen MR) is 109 cm³/mol. The molecule has 6 nitrogen and oxygen atoms in total. The van der Waals surface area contributed by atoms with E-state index in [0.717, 1.165) is 30.5 Å². The fourth-order valence-corrected chi connectivity index (χ4v) is 3.74. The Morgan fingerprint density at radius 3 is 2.41 bits per heavy atom. The molecule has 1 fully saturated rings. The first-order valence-corrected chi connectivity index (χ1v) is 9.96. The minimum absolute atomic E-state index is 0.259. The Hall–Kier alpha value is -2.96. The maximum atomic E-state index is 12.9. The van der Waals surface area contributed by atoms with Gasteiger partial charge in [-0.05, 0) is 30.5 Å². The van der Waals surface area contributed by atoms with Crippen LogP contribution < -0.4 is 5.32 Å². The van der Waals surface area contributed by atoms with Crippen LogP contribution in [0.15, 0.2) is 71.3 Å². The number of likely N-dealkylation sites (tertiary alicyclic amines) is 1. The molecular weight excluding hydrogens is 366 g/mol. The third kappa shape index (κ3) is 4.91. The Labute approximate surface area is 170 Å². The van der Waals surface area contributed by atoms with Crippen molar-refractivity contribution in [1.29, 1.82) is 0 Å². The summed E-state index contributed by atoms with van der Waals surface area (Å²) in [6.45, 7) is 2.06. The van der Waals surface area contributed by atoms with Crippen LogP contribution in [-0.4, -0.2) is 40.3 Å². The Kier molecular flexibility index (Phi) is 6.03. The van der Waals surface area contributed by atoms with E-state index in [1.54, 1.807) is 6.07 Å². The lowest BCUT2D eigenvalue weighted by molar-refractivity contribution is 0.0622. The summed E-state index contributed by atoms with van der Waals surface area (Å²) < 4.78 is 5.38. The number of hydrogen-bond acceptors (Lipinski definition) is 5. The van der Waals surface area contributed by atoms with Crippen LogP contribution in [0.25, 0.3) is 0 Å². The van der Waals surface area contributed by atoms with Crippen LogP contribution in [0.3, 0.4) is 0 Å². The number of carbonyl (C=O) groups is 1. The van der Waals surface area contributed by atoms with Crippen molar-refractivity contribution in [3.63, 3.8) is 0 Å². The first kappa shape index (κ1) is 19.4. The number of nitrogens with one attached hydrogen (secondary N) is 1. The molecule has 0 bridgehead atoms. The number of β-amino-alcohol motifs (C(OH)–C–C–N with tert-alkyl or cyclic N) is 1. The van der Waals surface area contributed by atoms with Gasteiger partial charge in [-0.1, -0.05) is 65.8 Å². The molecule has 0 radical (unpaired) electrons. The van der Waals surface area contributed by atoms with E-state index >= 15 is 0 Å². The van der Waals surface area contributed by atoms with Crippen molar-refractivity contribution >= 4 is 5.91 Å². The summed E-state index contributed by atoms with van der Waals surface area (Å²) in [6.07, 6.45) is 1.49. The number of carbonyl (C=O) groups excluding carboxylic acids is 1. The Bertz CT molecular complexity index is 887. The average Bonchev–Trinajstić information content (AvgIpc) is 3.22. The van der Waals surface area contributed by atoms with Gasteiger partial charge in [0.2, 0.25) is 0 Å². The largest absolute Gasteiger partial charge is 0.392 e. The van der Waals surface area contributed by atoms with E-state index in [1.807, 2.05) is 60.7 Å². The van der Waals surface area contributed by atoms with Crippen molar-refractivity contribution in [3.05, 3.63) is 89.3 Å². The molecule has 1 saturated heterocycles. The van der Waals surface area contributed by atoms with E-state index in [4.69, 9.17) is 4.52 Å². The van der Waals surface area contributed by atoms with E-state index in [1.165, 1.54) is 0 Å². The number of aliphatic hydroxyl groups excluding tert-OH is 1. The van der Waals surface area contributed by atoms with Gasteiger partial charge in [-0.15, -0.1) is 0 Å². The van der Waals surface area contributed by atoms with Gasteiger partial charge >= 0.3 is 0 Å². The second-order valence-corrected chi connectivity index (χ2v) is 7.44. The van der Waals surface area contributed by atoms with Gasteiger partial charge in [0.15, 0.2) is 11.5 Å². The number of aromatic nitrogens is 1. The lowest BCUT2D eigenvalue weighted by Gasteiger charge is -2.28. The number of amides is 1. The smallest absolute Gasteiger partial charge is 0.274 e. The van der Waals surface area contributed by atoms with E-state index in [-0.39, 0.29) is 23.7 Å². The van der Waals surface area contributed by atoms with Gasteiger partial charge < -0.3 is 14.9 Å². The molecule has 2 heterocycles. The van der Waals surface area contributed by atoms with Gasteiger partial charge in [0.25, 0.3) is 5.91 Å². The molecule has 3 aromatic rings. The molecular formula is C23H25N3O3. The highest BCUT2D eigenvalue weighted by Gasteiger charge is 2.22. The molecule has 1 atom stereocenters. The molecule has 0 saturated carbocycles. The summed E-state index contributed by atoms with van der Waals surface area (Å²) >= 11 is 0.